The van der Waals surface area contributed by atoms with Gasteiger partial charge in [-0.05, 0) is 96.4 Å². The lowest BCUT2D eigenvalue weighted by Crippen LogP contribution is -2.68. The average molecular weight is 976 g/mol. The third-order valence-electron chi connectivity index (χ3n) is 11.8. The fraction of sp³-hybridized carbons (Fsp3) is 0.712. The summed E-state index contributed by atoms with van der Waals surface area (Å²) in [5, 5.41) is 2.91. The molecule has 0 bridgehead atoms. The maximum Gasteiger partial charge on any atom is 0.397 e. The maximum absolute atomic E-state index is 14.5. The summed E-state index contributed by atoms with van der Waals surface area (Å²) in [5.74, 6) is -1.79. The number of hydrogen-bond acceptors (Lipinski definition) is 11. The standard InChI is InChI=1S/C52H85NO12SSi/c1-7-8-9-10-11-12-13-14-15-28-37-43(61-45(54)38-29-18-16-22-31-41-33-24-20-25-34-41)50(56)53-47-49(63-46(55)39-30-19-17-23-32-42-35-26-21-27-36-42)48(64-66(57,58)59)44(40-60-52(2,3)4)62-51(47)65-67(5)6/h20-21,24-27,33-36,43-44,47-49,51,67H,7-19,22-23,28-32,37-40H2,1-6H3,(H,53,56)(H,57,58,59)/t43?,44-,47-,48-,49-,51?/m1/s1. The van der Waals surface area contributed by atoms with Crippen molar-refractivity contribution in [3.8, 4) is 0 Å². The van der Waals surface area contributed by atoms with Crippen molar-refractivity contribution in [2.24, 2.45) is 0 Å². The third kappa shape index (κ3) is 26.4. The second kappa shape index (κ2) is 32.6. The summed E-state index contributed by atoms with van der Waals surface area (Å²) in [6.07, 6.45) is 12.9. The molecule has 0 aromatic heterocycles. The molecule has 380 valence electrons. The highest BCUT2D eigenvalue weighted by atomic mass is 32.3. The van der Waals surface area contributed by atoms with Crippen LogP contribution in [-0.4, -0.2) is 88.8 Å². The SMILES string of the molecule is CCCCCCCCCCCCC(OC(=O)CCCCCCc1ccccc1)C(=O)N[C@H]1C(O[SiH](C)C)O[C@H](COC(C)(C)C)[C@@H](OS(=O)(=O)O)[C@@H]1OC(=O)CCCCCCc1ccccc1. The number of rotatable bonds is 35. The number of amides is 1. The van der Waals surface area contributed by atoms with E-state index in [2.05, 4.69) is 36.5 Å². The van der Waals surface area contributed by atoms with Gasteiger partial charge < -0.3 is 28.7 Å². The number of aryl methyl sites for hydroxylation is 2. The zero-order chi connectivity index (χ0) is 48.9. The fourth-order valence-corrected chi connectivity index (χ4v) is 9.53. The minimum absolute atomic E-state index is 0.0147. The van der Waals surface area contributed by atoms with Gasteiger partial charge >= 0.3 is 22.3 Å². The van der Waals surface area contributed by atoms with Crippen molar-refractivity contribution in [3.05, 3.63) is 71.8 Å². The van der Waals surface area contributed by atoms with E-state index in [1.165, 1.54) is 43.2 Å². The highest BCUT2D eigenvalue weighted by molar-refractivity contribution is 7.80. The molecular formula is C52H85NO12SSi. The molecule has 0 aliphatic carbocycles. The molecule has 2 unspecified atom stereocenters. The highest BCUT2D eigenvalue weighted by Crippen LogP contribution is 2.31. The molecular weight excluding hydrogens is 891 g/mol. The van der Waals surface area contributed by atoms with Gasteiger partial charge in [-0.25, -0.2) is 4.18 Å². The van der Waals surface area contributed by atoms with E-state index in [1.807, 2.05) is 70.3 Å². The second-order valence-electron chi connectivity index (χ2n) is 19.4. The lowest BCUT2D eigenvalue weighted by molar-refractivity contribution is -0.254. The molecule has 0 radical (unpaired) electrons. The van der Waals surface area contributed by atoms with Crippen LogP contribution in [-0.2, 0) is 65.2 Å². The zero-order valence-electron chi connectivity index (χ0n) is 41.6. The Balaban J connectivity index is 1.80. The van der Waals surface area contributed by atoms with Gasteiger partial charge in [0.2, 0.25) is 0 Å². The summed E-state index contributed by atoms with van der Waals surface area (Å²) in [6.45, 7) is 11.2. The van der Waals surface area contributed by atoms with Crippen molar-refractivity contribution in [3.63, 3.8) is 0 Å². The van der Waals surface area contributed by atoms with E-state index in [4.69, 9.17) is 27.6 Å². The largest absolute Gasteiger partial charge is 0.457 e. The molecule has 13 nitrogen and oxygen atoms in total. The Kier molecular flexibility index (Phi) is 28.3. The smallest absolute Gasteiger partial charge is 0.397 e. The number of esters is 2. The van der Waals surface area contributed by atoms with Crippen molar-refractivity contribution >= 4 is 37.3 Å². The van der Waals surface area contributed by atoms with Crippen molar-refractivity contribution in [1.29, 1.82) is 0 Å². The zero-order valence-corrected chi connectivity index (χ0v) is 43.6. The van der Waals surface area contributed by atoms with Gasteiger partial charge in [-0.3, -0.25) is 18.9 Å². The first-order valence-corrected chi connectivity index (χ1v) is 29.6. The maximum atomic E-state index is 14.5. The van der Waals surface area contributed by atoms with Crippen molar-refractivity contribution in [2.75, 3.05) is 6.61 Å². The van der Waals surface area contributed by atoms with Crippen molar-refractivity contribution in [1.82, 2.24) is 5.32 Å². The van der Waals surface area contributed by atoms with Gasteiger partial charge in [-0.15, -0.1) is 0 Å². The van der Waals surface area contributed by atoms with Crippen LogP contribution in [0.5, 0.6) is 0 Å². The molecule has 1 aliphatic rings. The molecule has 1 fully saturated rings. The quantitative estimate of drug-likeness (QED) is 0.0290. The molecule has 1 saturated heterocycles. The van der Waals surface area contributed by atoms with Crippen LogP contribution in [0.3, 0.4) is 0 Å². The average Bonchev–Trinajstić information content (AvgIpc) is 3.27. The van der Waals surface area contributed by atoms with Gasteiger partial charge in [0.05, 0.1) is 12.2 Å². The van der Waals surface area contributed by atoms with Crippen LogP contribution < -0.4 is 5.32 Å². The van der Waals surface area contributed by atoms with E-state index in [0.717, 1.165) is 77.0 Å². The lowest BCUT2D eigenvalue weighted by atomic mass is 9.95. The minimum atomic E-state index is -5.15. The number of nitrogens with one attached hydrogen (secondary N) is 1. The number of benzene rings is 2. The Morgan fingerprint density at radius 2 is 1.19 bits per heavy atom. The number of unbranched alkanes of at least 4 members (excludes halogenated alkanes) is 15. The van der Waals surface area contributed by atoms with Crippen LogP contribution in [0, 0.1) is 0 Å². The molecule has 1 heterocycles. The molecule has 2 aromatic carbocycles. The molecule has 0 spiro atoms. The molecule has 1 amide bonds. The summed E-state index contributed by atoms with van der Waals surface area (Å²) >= 11 is 0. The van der Waals surface area contributed by atoms with Gasteiger partial charge in [0.1, 0.15) is 18.2 Å². The number of carbonyl (C=O) groups is 3. The molecule has 1 aliphatic heterocycles. The van der Waals surface area contributed by atoms with Crippen LogP contribution in [0.4, 0.5) is 0 Å². The van der Waals surface area contributed by atoms with Gasteiger partial charge in [-0.1, -0.05) is 151 Å². The predicted molar refractivity (Wildman–Crippen MR) is 265 cm³/mol. The molecule has 2 aromatic rings. The van der Waals surface area contributed by atoms with E-state index in [1.54, 1.807) is 0 Å². The first-order valence-electron chi connectivity index (χ1n) is 25.4. The molecule has 15 heteroatoms. The summed E-state index contributed by atoms with van der Waals surface area (Å²) in [7, 11) is -7.12. The predicted octanol–water partition coefficient (Wildman–Crippen LogP) is 10.7. The van der Waals surface area contributed by atoms with Crippen molar-refractivity contribution in [2.45, 2.75) is 231 Å². The van der Waals surface area contributed by atoms with Gasteiger partial charge in [0, 0.05) is 12.8 Å². The summed E-state index contributed by atoms with van der Waals surface area (Å²) < 4.78 is 71.0. The van der Waals surface area contributed by atoms with Gasteiger partial charge in [0.25, 0.3) is 5.91 Å². The van der Waals surface area contributed by atoms with Crippen molar-refractivity contribution < 1.29 is 54.9 Å². The Hall–Kier alpha value is -3.18. The van der Waals surface area contributed by atoms with Crippen LogP contribution in [0.1, 0.15) is 174 Å². The summed E-state index contributed by atoms with van der Waals surface area (Å²) in [4.78, 5) is 41.6. The van der Waals surface area contributed by atoms with Gasteiger partial charge in [0.15, 0.2) is 27.5 Å². The molecule has 2 N–H and O–H groups in total. The normalized spacial score (nSPS) is 19.3. The Labute approximate surface area is 405 Å². The Morgan fingerprint density at radius 1 is 0.701 bits per heavy atom. The monoisotopic (exact) mass is 976 g/mol. The first-order chi connectivity index (χ1) is 32.0. The van der Waals surface area contributed by atoms with Crippen LogP contribution in [0.25, 0.3) is 0 Å². The van der Waals surface area contributed by atoms with Crippen LogP contribution in [0.2, 0.25) is 13.1 Å². The lowest BCUT2D eigenvalue weighted by Gasteiger charge is -2.46. The first kappa shape index (κ1) is 58.1. The van der Waals surface area contributed by atoms with Crippen LogP contribution >= 0.6 is 0 Å². The minimum Gasteiger partial charge on any atom is -0.457 e. The Morgan fingerprint density at radius 3 is 1.70 bits per heavy atom. The molecule has 0 saturated carbocycles. The number of carbonyl (C=O) groups excluding carboxylic acids is 3. The number of ether oxygens (including phenoxy) is 4. The second-order valence-corrected chi connectivity index (χ2v) is 22.8. The van der Waals surface area contributed by atoms with E-state index < -0.39 is 79.6 Å². The fourth-order valence-electron chi connectivity index (χ4n) is 8.24. The summed E-state index contributed by atoms with van der Waals surface area (Å²) in [6, 6.07) is 19.2. The molecule has 67 heavy (non-hydrogen) atoms. The number of hydrogen-bond donors (Lipinski definition) is 2. The van der Waals surface area contributed by atoms with E-state index >= 15 is 0 Å². The third-order valence-corrected chi connectivity index (χ3v) is 13.1. The molecule has 3 rings (SSSR count). The van der Waals surface area contributed by atoms with E-state index in [-0.39, 0.29) is 25.9 Å². The van der Waals surface area contributed by atoms with Gasteiger partial charge in [-0.2, -0.15) is 8.42 Å². The van der Waals surface area contributed by atoms with Crippen LogP contribution in [0.15, 0.2) is 60.7 Å². The van der Waals surface area contributed by atoms with E-state index in [0.29, 0.717) is 19.3 Å². The summed E-state index contributed by atoms with van der Waals surface area (Å²) in [5.41, 5.74) is 1.83. The molecule has 6 atom stereocenters. The highest BCUT2D eigenvalue weighted by Gasteiger charge is 2.52. The topological polar surface area (TPSA) is 173 Å². The Bertz CT molecular complexity index is 1760. The van der Waals surface area contributed by atoms with E-state index in [9.17, 15) is 27.4 Å².